The maximum absolute atomic E-state index is 5.62. The summed E-state index contributed by atoms with van der Waals surface area (Å²) >= 11 is 0. The molecule has 0 aliphatic carbocycles. The van der Waals surface area contributed by atoms with Gasteiger partial charge in [-0.2, -0.15) is 0 Å². The highest BCUT2D eigenvalue weighted by atomic mass is 14.9. The van der Waals surface area contributed by atoms with Crippen molar-refractivity contribution < 1.29 is 0 Å². The van der Waals surface area contributed by atoms with Crippen LogP contribution in [0.15, 0.2) is 24.4 Å². The van der Waals surface area contributed by atoms with Crippen LogP contribution in [0.4, 0.5) is 0 Å². The van der Waals surface area contributed by atoms with Crippen molar-refractivity contribution in [1.29, 1.82) is 0 Å². The van der Waals surface area contributed by atoms with E-state index in [2.05, 4.69) is 44.8 Å². The first-order valence-corrected chi connectivity index (χ1v) is 7.14. The van der Waals surface area contributed by atoms with Gasteiger partial charge in [0.25, 0.3) is 0 Å². The topological polar surface area (TPSA) is 51.8 Å². The number of nitrogens with two attached hydrogens (primary N) is 1. The summed E-state index contributed by atoms with van der Waals surface area (Å²) in [7, 11) is 0. The molecule has 0 fully saturated rings. The van der Waals surface area contributed by atoms with Crippen molar-refractivity contribution in [3.63, 3.8) is 0 Å². The largest absolute Gasteiger partial charge is 0.330 e. The monoisotopic (exact) mass is 269 g/mol. The molecule has 2 rings (SSSR count). The van der Waals surface area contributed by atoms with E-state index >= 15 is 0 Å². The molecule has 1 unspecified atom stereocenters. The molecule has 3 heteroatoms. The van der Waals surface area contributed by atoms with Gasteiger partial charge in [-0.25, -0.2) is 9.97 Å². The molecule has 0 radical (unpaired) electrons. The minimum absolute atomic E-state index is 0.298. The van der Waals surface area contributed by atoms with Crippen molar-refractivity contribution >= 4 is 0 Å². The summed E-state index contributed by atoms with van der Waals surface area (Å²) in [5, 5.41) is 0. The van der Waals surface area contributed by atoms with E-state index in [0.29, 0.717) is 12.5 Å². The van der Waals surface area contributed by atoms with E-state index in [0.717, 1.165) is 17.9 Å². The fourth-order valence-electron chi connectivity index (χ4n) is 2.38. The van der Waals surface area contributed by atoms with E-state index in [9.17, 15) is 0 Å². The Morgan fingerprint density at radius 2 is 1.80 bits per heavy atom. The van der Waals surface area contributed by atoms with Crippen molar-refractivity contribution in [3.8, 4) is 11.3 Å². The lowest BCUT2D eigenvalue weighted by atomic mass is 9.98. The number of benzene rings is 1. The maximum Gasteiger partial charge on any atom is 0.131 e. The summed E-state index contributed by atoms with van der Waals surface area (Å²) in [6.45, 7) is 9.20. The SMILES string of the molecule is Cc1cc(C)c(-c2ccnc(C(C)CCN)n2)cc1C. The number of nitrogens with zero attached hydrogens (tertiary/aromatic N) is 2. The molecule has 106 valence electrons. The van der Waals surface area contributed by atoms with Gasteiger partial charge in [0, 0.05) is 17.7 Å². The third kappa shape index (κ3) is 3.05. The van der Waals surface area contributed by atoms with Crippen LogP contribution in [0.5, 0.6) is 0 Å². The first kappa shape index (κ1) is 14.7. The quantitative estimate of drug-likeness (QED) is 0.924. The van der Waals surface area contributed by atoms with Gasteiger partial charge in [0.1, 0.15) is 5.82 Å². The van der Waals surface area contributed by atoms with Crippen molar-refractivity contribution in [1.82, 2.24) is 9.97 Å². The van der Waals surface area contributed by atoms with Gasteiger partial charge >= 0.3 is 0 Å². The molecule has 1 aromatic carbocycles. The zero-order valence-corrected chi connectivity index (χ0v) is 12.8. The lowest BCUT2D eigenvalue weighted by molar-refractivity contribution is 0.647. The molecule has 3 nitrogen and oxygen atoms in total. The predicted molar refractivity (Wildman–Crippen MR) is 83.8 cm³/mol. The Morgan fingerprint density at radius 1 is 1.10 bits per heavy atom. The fraction of sp³-hybridized carbons (Fsp3) is 0.412. The number of rotatable bonds is 4. The zero-order chi connectivity index (χ0) is 14.7. The summed E-state index contributed by atoms with van der Waals surface area (Å²) in [5.74, 6) is 1.18. The van der Waals surface area contributed by atoms with Gasteiger partial charge in [-0.05, 0) is 62.6 Å². The highest BCUT2D eigenvalue weighted by molar-refractivity contribution is 5.65. The van der Waals surface area contributed by atoms with Gasteiger partial charge in [-0.3, -0.25) is 0 Å². The number of hydrogen-bond acceptors (Lipinski definition) is 3. The van der Waals surface area contributed by atoms with Crippen LogP contribution in [0, 0.1) is 20.8 Å². The van der Waals surface area contributed by atoms with E-state index < -0.39 is 0 Å². The second kappa shape index (κ2) is 6.14. The molecular formula is C17H23N3. The van der Waals surface area contributed by atoms with Crippen LogP contribution < -0.4 is 5.73 Å². The molecule has 1 heterocycles. The Hall–Kier alpha value is -1.74. The number of aryl methyl sites for hydroxylation is 3. The summed E-state index contributed by atoms with van der Waals surface area (Å²) in [5.41, 5.74) is 11.7. The first-order valence-electron chi connectivity index (χ1n) is 7.14. The molecule has 0 amide bonds. The van der Waals surface area contributed by atoms with E-state index in [1.165, 1.54) is 22.3 Å². The molecule has 2 aromatic rings. The van der Waals surface area contributed by atoms with E-state index in [-0.39, 0.29) is 0 Å². The summed E-state index contributed by atoms with van der Waals surface area (Å²) in [6, 6.07) is 6.41. The van der Waals surface area contributed by atoms with Crippen molar-refractivity contribution in [2.75, 3.05) is 6.54 Å². The van der Waals surface area contributed by atoms with Crippen LogP contribution in [-0.2, 0) is 0 Å². The highest BCUT2D eigenvalue weighted by Crippen LogP contribution is 2.26. The molecule has 0 aliphatic rings. The zero-order valence-electron chi connectivity index (χ0n) is 12.8. The molecule has 0 saturated heterocycles. The van der Waals surface area contributed by atoms with Crippen LogP contribution in [-0.4, -0.2) is 16.5 Å². The molecule has 1 atom stereocenters. The van der Waals surface area contributed by atoms with Gasteiger partial charge in [0.15, 0.2) is 0 Å². The lowest BCUT2D eigenvalue weighted by Crippen LogP contribution is -2.08. The molecule has 20 heavy (non-hydrogen) atoms. The Kier molecular flexibility index (Phi) is 4.50. The molecule has 0 spiro atoms. The van der Waals surface area contributed by atoms with E-state index in [1.807, 2.05) is 12.3 Å². The van der Waals surface area contributed by atoms with Crippen LogP contribution in [0.1, 0.15) is 41.8 Å². The van der Waals surface area contributed by atoms with Crippen LogP contribution in [0.25, 0.3) is 11.3 Å². The van der Waals surface area contributed by atoms with Gasteiger partial charge in [0.2, 0.25) is 0 Å². The molecule has 1 aromatic heterocycles. The second-order valence-corrected chi connectivity index (χ2v) is 5.53. The van der Waals surface area contributed by atoms with Gasteiger partial charge in [-0.15, -0.1) is 0 Å². The Morgan fingerprint density at radius 3 is 2.50 bits per heavy atom. The van der Waals surface area contributed by atoms with E-state index in [4.69, 9.17) is 10.7 Å². The molecular weight excluding hydrogens is 246 g/mol. The van der Waals surface area contributed by atoms with Crippen LogP contribution in [0.3, 0.4) is 0 Å². The molecule has 0 aliphatic heterocycles. The average Bonchev–Trinajstić information content (AvgIpc) is 2.43. The minimum atomic E-state index is 0.298. The lowest BCUT2D eigenvalue weighted by Gasteiger charge is -2.12. The van der Waals surface area contributed by atoms with E-state index in [1.54, 1.807) is 0 Å². The maximum atomic E-state index is 5.62. The third-order valence-electron chi connectivity index (χ3n) is 3.83. The normalized spacial score (nSPS) is 12.4. The van der Waals surface area contributed by atoms with Crippen molar-refractivity contribution in [2.24, 2.45) is 5.73 Å². The van der Waals surface area contributed by atoms with Gasteiger partial charge < -0.3 is 5.73 Å². The Labute approximate surface area is 121 Å². The van der Waals surface area contributed by atoms with Gasteiger partial charge in [0.05, 0.1) is 5.69 Å². The van der Waals surface area contributed by atoms with Gasteiger partial charge in [-0.1, -0.05) is 13.0 Å². The minimum Gasteiger partial charge on any atom is -0.330 e. The number of aromatic nitrogens is 2. The van der Waals surface area contributed by atoms with Crippen LogP contribution >= 0.6 is 0 Å². The molecule has 0 saturated carbocycles. The summed E-state index contributed by atoms with van der Waals surface area (Å²) in [6.07, 6.45) is 2.76. The molecule has 2 N–H and O–H groups in total. The summed E-state index contributed by atoms with van der Waals surface area (Å²) in [4.78, 5) is 9.11. The first-order chi connectivity index (χ1) is 9.52. The standard InChI is InChI=1S/C17H23N3/c1-11(5-7-18)17-19-8-6-16(20-17)15-10-13(3)12(2)9-14(15)4/h6,8-11H,5,7,18H2,1-4H3. The smallest absolute Gasteiger partial charge is 0.131 e. The van der Waals surface area contributed by atoms with Crippen molar-refractivity contribution in [2.45, 2.75) is 40.0 Å². The fourth-order valence-corrected chi connectivity index (χ4v) is 2.38. The third-order valence-corrected chi connectivity index (χ3v) is 3.83. The average molecular weight is 269 g/mol. The van der Waals surface area contributed by atoms with Crippen LogP contribution in [0.2, 0.25) is 0 Å². The Balaban J connectivity index is 2.43. The number of hydrogen-bond donors (Lipinski definition) is 1. The second-order valence-electron chi connectivity index (χ2n) is 5.53. The Bertz CT molecular complexity index is 605. The molecule has 0 bridgehead atoms. The predicted octanol–water partition coefficient (Wildman–Crippen LogP) is 3.52. The highest BCUT2D eigenvalue weighted by Gasteiger charge is 2.11. The summed E-state index contributed by atoms with van der Waals surface area (Å²) < 4.78 is 0. The van der Waals surface area contributed by atoms with Crippen molar-refractivity contribution in [3.05, 3.63) is 46.9 Å².